The Hall–Kier alpha value is -2.91. The van der Waals surface area contributed by atoms with E-state index in [1.54, 1.807) is 18.2 Å². The maximum Gasteiger partial charge on any atom is 0.295 e. The molecule has 174 valence electrons. The highest BCUT2D eigenvalue weighted by Crippen LogP contribution is 2.40. The van der Waals surface area contributed by atoms with Gasteiger partial charge in [-0.2, -0.15) is 0 Å². The van der Waals surface area contributed by atoms with Crippen LogP contribution in [0, 0.1) is 0 Å². The lowest BCUT2D eigenvalue weighted by Crippen LogP contribution is -2.27. The first-order valence-electron chi connectivity index (χ1n) is 10.9. The first kappa shape index (κ1) is 23.3. The monoisotopic (exact) mass is 514 g/mol. The number of hydrogen-bond donors (Lipinski definition) is 1. The van der Waals surface area contributed by atoms with Gasteiger partial charge in [-0.1, -0.05) is 28.8 Å². The molecule has 0 spiro atoms. The first-order valence-corrected chi connectivity index (χ1v) is 11.7. The Balaban J connectivity index is 1.67. The van der Waals surface area contributed by atoms with Crippen LogP contribution in [0.1, 0.15) is 36.0 Å². The van der Waals surface area contributed by atoms with Gasteiger partial charge in [0, 0.05) is 15.4 Å². The predicted octanol–water partition coefficient (Wildman–Crippen LogP) is 5.88. The average Bonchev–Trinajstić information content (AvgIpc) is 2.98. The van der Waals surface area contributed by atoms with Gasteiger partial charge in [0.2, 0.25) is 5.88 Å². The minimum absolute atomic E-state index is 0.00351. The molecule has 1 amide bonds. The number of rotatable bonds is 6. The highest BCUT2D eigenvalue weighted by atomic mass is 79.9. The standard InChI is InChI=1S/C24H27BrN4O4/c1-32-20-10-7-16(13-21(20)33-2)23(30)27-26-22-18-14-17(25)8-9-19(18)29(24(22)31)15-28-11-5-3-4-6-12-28/h7-10,13-14,31H,3-6,11-12,15H2,1-2H3. The fourth-order valence-corrected chi connectivity index (χ4v) is 4.50. The van der Waals surface area contributed by atoms with Crippen molar-refractivity contribution in [1.82, 2.24) is 9.47 Å². The zero-order valence-corrected chi connectivity index (χ0v) is 20.3. The smallest absolute Gasteiger partial charge is 0.295 e. The summed E-state index contributed by atoms with van der Waals surface area (Å²) < 4.78 is 13.2. The molecule has 2 aromatic carbocycles. The number of nitrogens with zero attached hydrogens (tertiary/aromatic N) is 4. The summed E-state index contributed by atoms with van der Waals surface area (Å²) in [6, 6.07) is 10.5. The highest BCUT2D eigenvalue weighted by Gasteiger charge is 2.20. The van der Waals surface area contributed by atoms with Crippen molar-refractivity contribution in [2.45, 2.75) is 32.4 Å². The Morgan fingerprint density at radius 3 is 2.45 bits per heavy atom. The number of likely N-dealkylation sites (tertiary alicyclic amines) is 1. The Kier molecular flexibility index (Phi) is 7.29. The molecule has 3 aromatic rings. The van der Waals surface area contributed by atoms with E-state index in [4.69, 9.17) is 9.47 Å². The molecule has 0 bridgehead atoms. The Bertz CT molecular complexity index is 1180. The zero-order chi connectivity index (χ0) is 23.4. The first-order chi connectivity index (χ1) is 16.0. The van der Waals surface area contributed by atoms with Crippen LogP contribution in [0.2, 0.25) is 0 Å². The summed E-state index contributed by atoms with van der Waals surface area (Å²) in [6.07, 6.45) is 4.77. The third kappa shape index (κ3) is 5.04. The van der Waals surface area contributed by atoms with Gasteiger partial charge >= 0.3 is 0 Å². The molecule has 1 aliphatic heterocycles. The number of methoxy groups -OCH3 is 2. The van der Waals surface area contributed by atoms with Gasteiger partial charge in [-0.05, 0) is 62.3 Å². The topological polar surface area (TPSA) is 88.7 Å². The van der Waals surface area contributed by atoms with Crippen LogP contribution in [-0.2, 0) is 6.67 Å². The van der Waals surface area contributed by atoms with E-state index in [1.807, 2.05) is 22.8 Å². The van der Waals surface area contributed by atoms with E-state index in [2.05, 4.69) is 31.1 Å². The Morgan fingerprint density at radius 2 is 1.76 bits per heavy atom. The van der Waals surface area contributed by atoms with Crippen molar-refractivity contribution in [3.05, 3.63) is 46.4 Å². The van der Waals surface area contributed by atoms with Gasteiger partial charge in [0.1, 0.15) is 0 Å². The van der Waals surface area contributed by atoms with Crippen molar-refractivity contribution in [2.75, 3.05) is 27.3 Å². The van der Waals surface area contributed by atoms with Gasteiger partial charge in [0.05, 0.1) is 26.4 Å². The third-order valence-electron chi connectivity index (χ3n) is 5.88. The number of benzene rings is 2. The van der Waals surface area contributed by atoms with Crippen LogP contribution in [0.25, 0.3) is 10.9 Å². The number of amides is 1. The fraction of sp³-hybridized carbons (Fsp3) is 0.375. The van der Waals surface area contributed by atoms with Gasteiger partial charge in [-0.25, -0.2) is 0 Å². The molecule has 1 N–H and O–H groups in total. The molecule has 4 rings (SSSR count). The minimum atomic E-state index is -0.543. The molecule has 0 radical (unpaired) electrons. The SMILES string of the molecule is COc1ccc(C(=O)N=Nc2c(O)n(CN3CCCCCC3)c3ccc(Br)cc23)cc1OC. The van der Waals surface area contributed by atoms with Crippen LogP contribution in [-0.4, -0.2) is 47.8 Å². The van der Waals surface area contributed by atoms with Crippen molar-refractivity contribution in [3.63, 3.8) is 0 Å². The molecule has 1 aromatic heterocycles. The maximum atomic E-state index is 12.7. The van der Waals surface area contributed by atoms with Crippen molar-refractivity contribution >= 4 is 38.4 Å². The molecule has 33 heavy (non-hydrogen) atoms. The van der Waals surface area contributed by atoms with Crippen LogP contribution in [0.5, 0.6) is 17.4 Å². The van der Waals surface area contributed by atoms with Crippen molar-refractivity contribution in [3.8, 4) is 17.4 Å². The molecular formula is C24H27BrN4O4. The van der Waals surface area contributed by atoms with Crippen LogP contribution in [0.3, 0.4) is 0 Å². The molecule has 1 saturated heterocycles. The lowest BCUT2D eigenvalue weighted by Gasteiger charge is -2.21. The van der Waals surface area contributed by atoms with Crippen LogP contribution in [0.15, 0.2) is 51.1 Å². The fourth-order valence-electron chi connectivity index (χ4n) is 4.14. The number of halogens is 1. The van der Waals surface area contributed by atoms with E-state index in [1.165, 1.54) is 27.1 Å². The van der Waals surface area contributed by atoms with Gasteiger partial charge in [0.25, 0.3) is 5.91 Å². The van der Waals surface area contributed by atoms with Gasteiger partial charge in [-0.3, -0.25) is 14.3 Å². The normalized spacial score (nSPS) is 15.1. The number of ether oxygens (including phenoxy) is 2. The van der Waals surface area contributed by atoms with Gasteiger partial charge in [0.15, 0.2) is 17.2 Å². The van der Waals surface area contributed by atoms with Crippen molar-refractivity contribution in [2.24, 2.45) is 10.2 Å². The van der Waals surface area contributed by atoms with E-state index in [0.29, 0.717) is 23.7 Å². The summed E-state index contributed by atoms with van der Waals surface area (Å²) in [6.45, 7) is 2.54. The number of carbonyl (C=O) groups is 1. The van der Waals surface area contributed by atoms with Crippen LogP contribution in [0.4, 0.5) is 5.69 Å². The summed E-state index contributed by atoms with van der Waals surface area (Å²) >= 11 is 3.49. The number of hydrogen-bond acceptors (Lipinski definition) is 6. The maximum absolute atomic E-state index is 12.7. The lowest BCUT2D eigenvalue weighted by molar-refractivity contribution is 0.0994. The zero-order valence-electron chi connectivity index (χ0n) is 18.8. The second-order valence-electron chi connectivity index (χ2n) is 8.01. The number of aromatic nitrogens is 1. The number of aromatic hydroxyl groups is 1. The Labute approximate surface area is 200 Å². The highest BCUT2D eigenvalue weighted by molar-refractivity contribution is 9.10. The molecular weight excluding hydrogens is 488 g/mol. The largest absolute Gasteiger partial charge is 0.493 e. The van der Waals surface area contributed by atoms with Crippen LogP contribution >= 0.6 is 15.9 Å². The molecule has 0 unspecified atom stereocenters. The summed E-state index contributed by atoms with van der Waals surface area (Å²) in [5, 5.41) is 19.9. The summed E-state index contributed by atoms with van der Waals surface area (Å²) in [5.74, 6) is 0.402. The molecule has 8 nitrogen and oxygen atoms in total. The van der Waals surface area contributed by atoms with E-state index < -0.39 is 5.91 Å². The summed E-state index contributed by atoms with van der Waals surface area (Å²) in [5.41, 5.74) is 1.42. The molecule has 1 aliphatic rings. The third-order valence-corrected chi connectivity index (χ3v) is 6.38. The number of carbonyl (C=O) groups excluding carboxylic acids is 1. The Morgan fingerprint density at radius 1 is 1.03 bits per heavy atom. The molecule has 9 heteroatoms. The van der Waals surface area contributed by atoms with Gasteiger partial charge < -0.3 is 14.6 Å². The number of azo groups is 1. The van der Waals surface area contributed by atoms with Crippen molar-refractivity contribution < 1.29 is 19.4 Å². The van der Waals surface area contributed by atoms with E-state index in [-0.39, 0.29) is 11.6 Å². The quantitative estimate of drug-likeness (QED) is 0.414. The minimum Gasteiger partial charge on any atom is -0.493 e. The second-order valence-corrected chi connectivity index (χ2v) is 8.93. The summed E-state index contributed by atoms with van der Waals surface area (Å²) in [4.78, 5) is 15.0. The average molecular weight is 515 g/mol. The molecule has 0 saturated carbocycles. The number of fused-ring (bicyclic) bond motifs is 1. The molecule has 1 fully saturated rings. The van der Waals surface area contributed by atoms with E-state index >= 15 is 0 Å². The van der Waals surface area contributed by atoms with E-state index in [0.717, 1.165) is 41.3 Å². The van der Waals surface area contributed by atoms with Crippen molar-refractivity contribution in [1.29, 1.82) is 0 Å². The van der Waals surface area contributed by atoms with E-state index in [9.17, 15) is 9.90 Å². The predicted molar refractivity (Wildman–Crippen MR) is 130 cm³/mol. The molecule has 2 heterocycles. The molecule has 0 atom stereocenters. The van der Waals surface area contributed by atoms with Crippen LogP contribution < -0.4 is 9.47 Å². The molecule has 0 aliphatic carbocycles. The lowest BCUT2D eigenvalue weighted by atomic mass is 10.2. The second kappa shape index (κ2) is 10.4. The van der Waals surface area contributed by atoms with Gasteiger partial charge in [-0.15, -0.1) is 10.2 Å². The summed E-state index contributed by atoms with van der Waals surface area (Å²) in [7, 11) is 3.03.